The lowest BCUT2D eigenvalue weighted by Gasteiger charge is -2.52. The molecule has 2 fully saturated rings. The Morgan fingerprint density at radius 3 is 2.49 bits per heavy atom. The Labute approximate surface area is 215 Å². The summed E-state index contributed by atoms with van der Waals surface area (Å²) in [5.74, 6) is -9.82. The molecule has 0 saturated heterocycles. The van der Waals surface area contributed by atoms with Gasteiger partial charge in [-0.15, -0.1) is 0 Å². The third-order valence-electron chi connectivity index (χ3n) is 8.55. The van der Waals surface area contributed by atoms with E-state index in [1.54, 1.807) is 20.2 Å². The maximum absolute atomic E-state index is 13.8. The standard InChI is InChI=1S/C27H35N3O7/c1-5-12(2)10-29-11-13-6-7-17(31)19-15(13)8-14-9-16-21(30(3)4)23(33)20(26(28)36)25(35)27(16,37)24(34)18(14)22(19)32/h6-7,12,14,16,18,20-21,29,31,37H,5,8-11H2,1-4H3,(H2,28,36). The summed E-state index contributed by atoms with van der Waals surface area (Å²) >= 11 is 0. The number of phenolic OH excluding ortho intramolecular Hbond substituents is 1. The van der Waals surface area contributed by atoms with Gasteiger partial charge in [-0.05, 0) is 62.5 Å². The van der Waals surface area contributed by atoms with Gasteiger partial charge in [-0.3, -0.25) is 28.9 Å². The van der Waals surface area contributed by atoms with Crippen molar-refractivity contribution in [3.8, 4) is 5.75 Å². The zero-order valence-electron chi connectivity index (χ0n) is 21.6. The first-order valence-electron chi connectivity index (χ1n) is 12.7. The number of nitrogens with one attached hydrogen (secondary N) is 1. The second kappa shape index (κ2) is 9.74. The number of primary amides is 1. The number of rotatable bonds is 7. The van der Waals surface area contributed by atoms with Gasteiger partial charge in [0.05, 0.1) is 17.5 Å². The summed E-state index contributed by atoms with van der Waals surface area (Å²) in [4.78, 5) is 67.4. The summed E-state index contributed by atoms with van der Waals surface area (Å²) in [7, 11) is 3.13. The first-order chi connectivity index (χ1) is 17.4. The number of Topliss-reactive ketones (excluding diaryl/α,β-unsaturated/α-hetero) is 4. The van der Waals surface area contributed by atoms with E-state index in [0.717, 1.165) is 18.5 Å². The van der Waals surface area contributed by atoms with E-state index in [4.69, 9.17) is 5.73 Å². The number of fused-ring (bicyclic) bond motifs is 3. The summed E-state index contributed by atoms with van der Waals surface area (Å²) < 4.78 is 0. The zero-order valence-corrected chi connectivity index (χ0v) is 21.6. The van der Waals surface area contributed by atoms with Crippen LogP contribution in [0.15, 0.2) is 12.1 Å². The number of hydrogen-bond acceptors (Lipinski definition) is 9. The molecule has 0 radical (unpaired) electrons. The second-order valence-corrected chi connectivity index (χ2v) is 11.0. The van der Waals surface area contributed by atoms with Crippen LogP contribution in [0.1, 0.15) is 48.2 Å². The predicted octanol–water partition coefficient (Wildman–Crippen LogP) is 0.00270. The van der Waals surface area contributed by atoms with Crippen molar-refractivity contribution in [2.24, 2.45) is 35.3 Å². The Kier molecular flexibility index (Phi) is 7.13. The summed E-state index contributed by atoms with van der Waals surface area (Å²) in [5, 5.41) is 25.6. The van der Waals surface area contributed by atoms with Crippen LogP contribution in [0.4, 0.5) is 0 Å². The van der Waals surface area contributed by atoms with E-state index in [9.17, 15) is 34.2 Å². The molecule has 10 heteroatoms. The number of nitrogens with two attached hydrogens (primary N) is 1. The molecule has 3 aliphatic carbocycles. The molecule has 7 unspecified atom stereocenters. The van der Waals surface area contributed by atoms with Gasteiger partial charge in [0, 0.05) is 12.5 Å². The van der Waals surface area contributed by atoms with Crippen LogP contribution in [-0.4, -0.2) is 76.4 Å². The second-order valence-electron chi connectivity index (χ2n) is 11.0. The van der Waals surface area contributed by atoms with Gasteiger partial charge < -0.3 is 21.3 Å². The highest BCUT2D eigenvalue weighted by atomic mass is 16.3. The van der Waals surface area contributed by atoms with Crippen LogP contribution in [-0.2, 0) is 32.1 Å². The van der Waals surface area contributed by atoms with Crippen LogP contribution < -0.4 is 11.1 Å². The van der Waals surface area contributed by atoms with Crippen molar-refractivity contribution >= 4 is 29.0 Å². The Hall–Kier alpha value is -2.95. The topological polar surface area (TPSA) is 167 Å². The quantitative estimate of drug-likeness (QED) is 0.367. The van der Waals surface area contributed by atoms with Gasteiger partial charge in [-0.25, -0.2) is 0 Å². The third kappa shape index (κ3) is 4.11. The summed E-state index contributed by atoms with van der Waals surface area (Å²) in [5.41, 5.74) is 4.11. The molecule has 0 spiro atoms. The fourth-order valence-electron chi connectivity index (χ4n) is 6.43. The van der Waals surface area contributed by atoms with Crippen LogP contribution in [0.25, 0.3) is 0 Å². The van der Waals surface area contributed by atoms with Gasteiger partial charge in [-0.2, -0.15) is 0 Å². The van der Waals surface area contributed by atoms with Crippen molar-refractivity contribution < 1.29 is 34.2 Å². The van der Waals surface area contributed by atoms with E-state index in [1.165, 1.54) is 11.0 Å². The molecule has 7 atom stereocenters. The van der Waals surface area contributed by atoms with Gasteiger partial charge in [0.25, 0.3) is 0 Å². The van der Waals surface area contributed by atoms with Crippen molar-refractivity contribution in [1.82, 2.24) is 10.2 Å². The molecule has 37 heavy (non-hydrogen) atoms. The number of aromatic hydroxyl groups is 1. The Morgan fingerprint density at radius 2 is 1.89 bits per heavy atom. The lowest BCUT2D eigenvalue weighted by atomic mass is 9.52. The molecule has 0 aliphatic heterocycles. The summed E-state index contributed by atoms with van der Waals surface area (Å²) in [6.07, 6.45) is 1.32. The molecule has 2 saturated carbocycles. The zero-order chi connectivity index (χ0) is 27.4. The normalized spacial score (nSPS) is 32.1. The largest absolute Gasteiger partial charge is 0.507 e. The third-order valence-corrected chi connectivity index (χ3v) is 8.55. The van der Waals surface area contributed by atoms with Crippen LogP contribution in [0.5, 0.6) is 5.75 Å². The van der Waals surface area contributed by atoms with E-state index < -0.39 is 64.4 Å². The van der Waals surface area contributed by atoms with Gasteiger partial charge >= 0.3 is 0 Å². The molecule has 1 amide bonds. The highest BCUT2D eigenvalue weighted by Gasteiger charge is 2.69. The number of ketones is 4. The molecule has 200 valence electrons. The highest BCUT2D eigenvalue weighted by molar-refractivity contribution is 6.32. The molecule has 1 aromatic rings. The van der Waals surface area contributed by atoms with Crippen molar-refractivity contribution in [3.63, 3.8) is 0 Å². The Bertz CT molecular complexity index is 1180. The number of amides is 1. The number of aliphatic hydroxyl groups is 1. The molecule has 0 heterocycles. The lowest BCUT2D eigenvalue weighted by Crippen LogP contribution is -2.74. The number of likely N-dealkylation sites (N-methyl/N-ethyl adjacent to an activating group) is 1. The van der Waals surface area contributed by atoms with Gasteiger partial charge in [-0.1, -0.05) is 26.3 Å². The Morgan fingerprint density at radius 1 is 1.22 bits per heavy atom. The fraction of sp³-hybridized carbons (Fsp3) is 0.593. The van der Waals surface area contributed by atoms with Gasteiger partial charge in [0.15, 0.2) is 34.7 Å². The van der Waals surface area contributed by atoms with E-state index in [2.05, 4.69) is 19.2 Å². The van der Waals surface area contributed by atoms with Crippen molar-refractivity contribution in [3.05, 3.63) is 28.8 Å². The number of benzene rings is 1. The molecule has 4 rings (SSSR count). The lowest BCUT2D eigenvalue weighted by molar-refractivity contribution is -0.181. The molecule has 10 nitrogen and oxygen atoms in total. The summed E-state index contributed by atoms with van der Waals surface area (Å²) in [6.45, 7) is 5.47. The minimum absolute atomic E-state index is 0.0226. The van der Waals surface area contributed by atoms with Crippen molar-refractivity contribution in [2.45, 2.75) is 51.3 Å². The van der Waals surface area contributed by atoms with E-state index in [0.29, 0.717) is 18.0 Å². The minimum Gasteiger partial charge on any atom is -0.507 e. The number of carbonyl (C=O) groups is 5. The average molecular weight is 514 g/mol. The van der Waals surface area contributed by atoms with Crippen LogP contribution >= 0.6 is 0 Å². The maximum Gasteiger partial charge on any atom is 0.235 e. The number of hydrogen-bond donors (Lipinski definition) is 4. The first-order valence-corrected chi connectivity index (χ1v) is 12.7. The van der Waals surface area contributed by atoms with Gasteiger partial charge in [0.1, 0.15) is 5.75 Å². The predicted molar refractivity (Wildman–Crippen MR) is 133 cm³/mol. The van der Waals surface area contributed by atoms with Crippen molar-refractivity contribution in [1.29, 1.82) is 0 Å². The van der Waals surface area contributed by atoms with Crippen molar-refractivity contribution in [2.75, 3.05) is 20.6 Å². The van der Waals surface area contributed by atoms with E-state index >= 15 is 0 Å². The van der Waals surface area contributed by atoms with Crippen LogP contribution in [0.3, 0.4) is 0 Å². The average Bonchev–Trinajstić information content (AvgIpc) is 2.82. The minimum atomic E-state index is -2.71. The monoisotopic (exact) mass is 513 g/mol. The number of nitrogens with zero attached hydrogens (tertiary/aromatic N) is 1. The van der Waals surface area contributed by atoms with E-state index in [-0.39, 0.29) is 24.2 Å². The SMILES string of the molecule is CCC(C)CNCc1ccc(O)c2c1CC1CC3C(N(C)C)C(=O)C(C(N)=O)C(=O)C3(O)C(=O)C1C2=O. The van der Waals surface area contributed by atoms with Crippen LogP contribution in [0.2, 0.25) is 0 Å². The fourth-order valence-corrected chi connectivity index (χ4v) is 6.43. The van der Waals surface area contributed by atoms with Gasteiger partial charge in [0.2, 0.25) is 5.91 Å². The molecular weight excluding hydrogens is 478 g/mol. The molecule has 5 N–H and O–H groups in total. The molecule has 0 bridgehead atoms. The summed E-state index contributed by atoms with van der Waals surface area (Å²) in [6, 6.07) is 2.06. The highest BCUT2D eigenvalue weighted by Crippen LogP contribution is 2.51. The molecular formula is C27H35N3O7. The van der Waals surface area contributed by atoms with E-state index in [1.807, 2.05) is 0 Å². The number of phenols is 1. The number of carbonyl (C=O) groups excluding carboxylic acids is 5. The smallest absolute Gasteiger partial charge is 0.235 e. The van der Waals surface area contributed by atoms with Crippen LogP contribution in [0, 0.1) is 29.6 Å². The molecule has 1 aromatic carbocycles. The molecule has 0 aromatic heterocycles. The first kappa shape index (κ1) is 27.1. The molecule has 3 aliphatic rings. The maximum atomic E-state index is 13.8. The Balaban J connectivity index is 1.76.